The lowest BCUT2D eigenvalue weighted by atomic mass is 10.2. The standard InChI is InChI=1S/C27H30FN3O7S2/c1-3-38-22-10-8-21(9-11-22)31(40(35,36)23-12-6-20(28)7-13-23)19-27(32)29-25-18-24(14-15-26(25)37-2)39(33,34)30-16-4-5-17-30/h6-15,18H,3-5,16-17,19H2,1-2H3,(H,29,32). The van der Waals surface area contributed by atoms with Gasteiger partial charge in [0.25, 0.3) is 10.0 Å². The van der Waals surface area contributed by atoms with Crippen LogP contribution in [0.4, 0.5) is 15.8 Å². The first-order valence-corrected chi connectivity index (χ1v) is 15.4. The van der Waals surface area contributed by atoms with Crippen LogP contribution in [0.15, 0.2) is 76.5 Å². The molecule has 40 heavy (non-hydrogen) atoms. The Morgan fingerprint density at radius 3 is 2.17 bits per heavy atom. The smallest absolute Gasteiger partial charge is 0.264 e. The summed E-state index contributed by atoms with van der Waals surface area (Å²) in [5, 5.41) is 2.59. The first-order chi connectivity index (χ1) is 19.1. The van der Waals surface area contributed by atoms with Gasteiger partial charge < -0.3 is 14.8 Å². The number of sulfonamides is 2. The van der Waals surface area contributed by atoms with Gasteiger partial charge in [0, 0.05) is 13.1 Å². The number of carbonyl (C=O) groups excluding carboxylic acids is 1. The van der Waals surface area contributed by atoms with Gasteiger partial charge in [-0.05, 0) is 86.5 Å². The SMILES string of the molecule is CCOc1ccc(N(CC(=O)Nc2cc(S(=O)(=O)N3CCCC3)ccc2OC)S(=O)(=O)c2ccc(F)cc2)cc1. The molecule has 3 aromatic carbocycles. The average Bonchev–Trinajstić information content (AvgIpc) is 3.49. The van der Waals surface area contributed by atoms with Gasteiger partial charge in [0.2, 0.25) is 15.9 Å². The monoisotopic (exact) mass is 591 g/mol. The summed E-state index contributed by atoms with van der Waals surface area (Å²) < 4.78 is 79.8. The summed E-state index contributed by atoms with van der Waals surface area (Å²) in [5.74, 6) is -0.660. The Morgan fingerprint density at radius 1 is 0.950 bits per heavy atom. The van der Waals surface area contributed by atoms with Crippen molar-refractivity contribution in [2.75, 3.05) is 43.0 Å². The van der Waals surface area contributed by atoms with Gasteiger partial charge in [0.05, 0.1) is 34.9 Å². The second-order valence-corrected chi connectivity index (χ2v) is 12.7. The van der Waals surface area contributed by atoms with Gasteiger partial charge in [-0.15, -0.1) is 0 Å². The highest BCUT2D eigenvalue weighted by molar-refractivity contribution is 7.92. The van der Waals surface area contributed by atoms with Crippen LogP contribution in [0, 0.1) is 5.82 Å². The first kappa shape index (κ1) is 29.3. The van der Waals surface area contributed by atoms with Crippen LogP contribution < -0.4 is 19.1 Å². The van der Waals surface area contributed by atoms with Gasteiger partial charge in [-0.2, -0.15) is 4.31 Å². The largest absolute Gasteiger partial charge is 0.495 e. The summed E-state index contributed by atoms with van der Waals surface area (Å²) in [4.78, 5) is 13.0. The van der Waals surface area contributed by atoms with E-state index in [4.69, 9.17) is 9.47 Å². The van der Waals surface area contributed by atoms with Crippen molar-refractivity contribution < 1.29 is 35.5 Å². The number of rotatable bonds is 11. The molecule has 214 valence electrons. The van der Waals surface area contributed by atoms with Crippen molar-refractivity contribution in [3.8, 4) is 11.5 Å². The zero-order valence-electron chi connectivity index (χ0n) is 22.0. The average molecular weight is 592 g/mol. The van der Waals surface area contributed by atoms with E-state index in [1.807, 2.05) is 6.92 Å². The minimum absolute atomic E-state index is 0.0206. The van der Waals surface area contributed by atoms with Crippen LogP contribution in [-0.2, 0) is 24.8 Å². The number of nitrogens with one attached hydrogen (secondary N) is 1. The van der Waals surface area contributed by atoms with Gasteiger partial charge in [-0.3, -0.25) is 9.10 Å². The molecular formula is C27H30FN3O7S2. The van der Waals surface area contributed by atoms with Gasteiger partial charge in [-0.1, -0.05) is 0 Å². The third-order valence-corrected chi connectivity index (χ3v) is 9.96. The Labute approximate surface area is 233 Å². The van der Waals surface area contributed by atoms with Crippen LogP contribution in [0.5, 0.6) is 11.5 Å². The lowest BCUT2D eigenvalue weighted by Gasteiger charge is -2.24. The molecule has 0 aromatic heterocycles. The molecule has 1 amide bonds. The third-order valence-electron chi connectivity index (χ3n) is 6.27. The molecular weight excluding hydrogens is 561 g/mol. The maximum absolute atomic E-state index is 13.6. The number of halogens is 1. The normalized spacial score (nSPS) is 14.1. The highest BCUT2D eigenvalue weighted by atomic mass is 32.2. The molecule has 1 aliphatic rings. The molecule has 0 bridgehead atoms. The number of methoxy groups -OCH3 is 1. The summed E-state index contributed by atoms with van der Waals surface area (Å²) in [5.41, 5.74) is 0.235. The van der Waals surface area contributed by atoms with E-state index in [0.717, 1.165) is 41.4 Å². The fraction of sp³-hybridized carbons (Fsp3) is 0.296. The quantitative estimate of drug-likeness (QED) is 0.359. The topological polar surface area (TPSA) is 122 Å². The van der Waals surface area contributed by atoms with E-state index in [-0.39, 0.29) is 26.9 Å². The number of carbonyl (C=O) groups is 1. The Hall–Kier alpha value is -3.68. The van der Waals surface area contributed by atoms with Crippen LogP contribution in [0.3, 0.4) is 0 Å². The van der Waals surface area contributed by atoms with Crippen LogP contribution in [-0.4, -0.2) is 60.4 Å². The van der Waals surface area contributed by atoms with Crippen LogP contribution in [0.2, 0.25) is 0 Å². The number of anilines is 2. The summed E-state index contributed by atoms with van der Waals surface area (Å²) in [6.45, 7) is 2.37. The highest BCUT2D eigenvalue weighted by Crippen LogP contribution is 2.31. The van der Waals surface area contributed by atoms with E-state index in [9.17, 15) is 26.0 Å². The molecule has 4 rings (SSSR count). The van der Waals surface area contributed by atoms with Crippen molar-refractivity contribution in [1.29, 1.82) is 0 Å². The van der Waals surface area contributed by atoms with E-state index in [0.29, 0.717) is 25.4 Å². The van der Waals surface area contributed by atoms with E-state index >= 15 is 0 Å². The molecule has 0 unspecified atom stereocenters. The molecule has 1 N–H and O–H groups in total. The molecule has 0 radical (unpaired) electrons. The summed E-state index contributed by atoms with van der Waals surface area (Å²) in [7, 11) is -6.73. The van der Waals surface area contributed by atoms with Crippen molar-refractivity contribution in [2.24, 2.45) is 0 Å². The Balaban J connectivity index is 1.65. The van der Waals surface area contributed by atoms with Crippen LogP contribution in [0.25, 0.3) is 0 Å². The van der Waals surface area contributed by atoms with E-state index in [2.05, 4.69) is 5.32 Å². The zero-order chi connectivity index (χ0) is 28.9. The molecule has 0 atom stereocenters. The highest BCUT2D eigenvalue weighted by Gasteiger charge is 2.30. The van der Waals surface area contributed by atoms with Crippen molar-refractivity contribution in [1.82, 2.24) is 4.31 Å². The fourth-order valence-corrected chi connectivity index (χ4v) is 7.23. The molecule has 0 spiro atoms. The third kappa shape index (κ3) is 6.37. The fourth-order valence-electron chi connectivity index (χ4n) is 4.27. The molecule has 1 saturated heterocycles. The maximum atomic E-state index is 13.6. The van der Waals surface area contributed by atoms with Gasteiger partial charge in [-0.25, -0.2) is 21.2 Å². The molecule has 13 heteroatoms. The Morgan fingerprint density at radius 2 is 1.57 bits per heavy atom. The van der Waals surface area contributed by atoms with Crippen molar-refractivity contribution >= 4 is 37.3 Å². The van der Waals surface area contributed by atoms with Gasteiger partial charge >= 0.3 is 0 Å². The van der Waals surface area contributed by atoms with Crippen LogP contribution in [0.1, 0.15) is 19.8 Å². The zero-order valence-corrected chi connectivity index (χ0v) is 23.7. The molecule has 0 aliphatic carbocycles. The predicted octanol–water partition coefficient (Wildman–Crippen LogP) is 3.85. The maximum Gasteiger partial charge on any atom is 0.264 e. The van der Waals surface area contributed by atoms with Crippen molar-refractivity contribution in [3.63, 3.8) is 0 Å². The number of amides is 1. The molecule has 1 aliphatic heterocycles. The summed E-state index contributed by atoms with van der Waals surface area (Å²) >= 11 is 0. The van der Waals surface area contributed by atoms with E-state index < -0.39 is 38.3 Å². The number of ether oxygens (including phenoxy) is 2. The number of benzene rings is 3. The second-order valence-electron chi connectivity index (χ2n) is 8.91. The molecule has 3 aromatic rings. The Kier molecular flexibility index (Phi) is 8.96. The second kappa shape index (κ2) is 12.2. The number of nitrogens with zero attached hydrogens (tertiary/aromatic N) is 2. The molecule has 0 saturated carbocycles. The van der Waals surface area contributed by atoms with Gasteiger partial charge in [0.1, 0.15) is 23.9 Å². The number of hydrogen-bond donors (Lipinski definition) is 1. The first-order valence-electron chi connectivity index (χ1n) is 12.6. The minimum Gasteiger partial charge on any atom is -0.495 e. The van der Waals surface area contributed by atoms with E-state index in [1.54, 1.807) is 12.1 Å². The minimum atomic E-state index is -4.31. The predicted molar refractivity (Wildman–Crippen MR) is 148 cm³/mol. The molecule has 1 heterocycles. The Bertz CT molecular complexity index is 1560. The van der Waals surface area contributed by atoms with Crippen molar-refractivity contribution in [2.45, 2.75) is 29.6 Å². The van der Waals surface area contributed by atoms with E-state index in [1.165, 1.54) is 41.7 Å². The lowest BCUT2D eigenvalue weighted by Crippen LogP contribution is -2.38. The number of hydrogen-bond acceptors (Lipinski definition) is 7. The van der Waals surface area contributed by atoms with Gasteiger partial charge in [0.15, 0.2) is 0 Å². The summed E-state index contributed by atoms with van der Waals surface area (Å²) in [6, 6.07) is 14.5. The molecule has 10 nitrogen and oxygen atoms in total. The van der Waals surface area contributed by atoms with Crippen molar-refractivity contribution in [3.05, 3.63) is 72.5 Å². The molecule has 1 fully saturated rings. The van der Waals surface area contributed by atoms with Crippen LogP contribution >= 0.6 is 0 Å². The summed E-state index contributed by atoms with van der Waals surface area (Å²) in [6.07, 6.45) is 1.53. The lowest BCUT2D eigenvalue weighted by molar-refractivity contribution is -0.114.